The van der Waals surface area contributed by atoms with Crippen LogP contribution in [0.15, 0.2) is 42.7 Å². The van der Waals surface area contributed by atoms with Crippen LogP contribution in [-0.2, 0) is 9.53 Å². The van der Waals surface area contributed by atoms with Crippen LogP contribution < -0.4 is 10.1 Å². The Labute approximate surface area is 188 Å². The number of fused-ring (bicyclic) bond motifs is 1. The SMILES string of the molecule is CC1(C)[C@@H]2C[C@@H]3[C@@H](c4ccc(Oc5ncccn5)cc4)OCC[C@]3(C2)[C@H]1NC(=O)CCO. The zero-order valence-corrected chi connectivity index (χ0v) is 18.7. The normalized spacial score (nSPS) is 32.3. The molecule has 2 bridgehead atoms. The molecule has 1 aliphatic heterocycles. The Balaban J connectivity index is 1.38. The lowest BCUT2D eigenvalue weighted by molar-refractivity contribution is -0.137. The average Bonchev–Trinajstić information content (AvgIpc) is 3.28. The number of benzene rings is 1. The molecule has 2 heterocycles. The molecule has 1 aromatic heterocycles. The second-order valence-electron chi connectivity index (χ2n) is 10.0. The maximum Gasteiger partial charge on any atom is 0.321 e. The fourth-order valence-electron chi connectivity index (χ4n) is 6.62. The van der Waals surface area contributed by atoms with Crippen LogP contribution in [0.1, 0.15) is 51.2 Å². The molecule has 5 rings (SSSR count). The molecule has 7 heteroatoms. The van der Waals surface area contributed by atoms with Gasteiger partial charge in [-0.1, -0.05) is 26.0 Å². The van der Waals surface area contributed by atoms with Gasteiger partial charge in [0.15, 0.2) is 0 Å². The highest BCUT2D eigenvalue weighted by Gasteiger charge is 2.68. The number of rotatable bonds is 6. The molecule has 5 atom stereocenters. The van der Waals surface area contributed by atoms with Crippen molar-refractivity contribution in [2.24, 2.45) is 22.7 Å². The monoisotopic (exact) mass is 437 g/mol. The first-order chi connectivity index (χ1) is 15.4. The summed E-state index contributed by atoms with van der Waals surface area (Å²) in [5, 5.41) is 12.5. The second kappa shape index (κ2) is 8.12. The molecule has 1 amide bonds. The summed E-state index contributed by atoms with van der Waals surface area (Å²) in [4.78, 5) is 20.7. The Morgan fingerprint density at radius 2 is 2.00 bits per heavy atom. The maximum absolute atomic E-state index is 12.4. The number of aliphatic hydroxyl groups is 1. The van der Waals surface area contributed by atoms with Gasteiger partial charge in [0.25, 0.3) is 0 Å². The molecule has 3 aliphatic rings. The fourth-order valence-corrected chi connectivity index (χ4v) is 6.62. The Bertz CT molecular complexity index is 965. The van der Waals surface area contributed by atoms with E-state index in [4.69, 9.17) is 9.47 Å². The van der Waals surface area contributed by atoms with Crippen molar-refractivity contribution in [2.75, 3.05) is 13.2 Å². The topological polar surface area (TPSA) is 93.6 Å². The Morgan fingerprint density at radius 3 is 2.72 bits per heavy atom. The van der Waals surface area contributed by atoms with E-state index in [1.165, 1.54) is 0 Å². The van der Waals surface area contributed by atoms with Gasteiger partial charge in [0.2, 0.25) is 5.91 Å². The molecule has 2 aliphatic carbocycles. The van der Waals surface area contributed by atoms with E-state index in [-0.39, 0.29) is 41.9 Å². The van der Waals surface area contributed by atoms with Crippen molar-refractivity contribution in [3.05, 3.63) is 48.3 Å². The summed E-state index contributed by atoms with van der Waals surface area (Å²) in [6.07, 6.45) is 6.66. The highest BCUT2D eigenvalue weighted by atomic mass is 16.5. The molecule has 2 aromatic rings. The fraction of sp³-hybridized carbons (Fsp3) is 0.560. The molecule has 0 radical (unpaired) electrons. The number of aromatic nitrogens is 2. The van der Waals surface area contributed by atoms with Crippen LogP contribution in [0.5, 0.6) is 11.8 Å². The molecule has 0 unspecified atom stereocenters. The van der Waals surface area contributed by atoms with E-state index < -0.39 is 0 Å². The second-order valence-corrected chi connectivity index (χ2v) is 10.0. The first kappa shape index (κ1) is 21.3. The van der Waals surface area contributed by atoms with E-state index >= 15 is 0 Å². The lowest BCUT2D eigenvalue weighted by atomic mass is 9.59. The number of hydrogen-bond acceptors (Lipinski definition) is 6. The van der Waals surface area contributed by atoms with Gasteiger partial charge in [-0.2, -0.15) is 0 Å². The van der Waals surface area contributed by atoms with Gasteiger partial charge in [-0.25, -0.2) is 9.97 Å². The van der Waals surface area contributed by atoms with Gasteiger partial charge in [-0.3, -0.25) is 4.79 Å². The Morgan fingerprint density at radius 1 is 1.25 bits per heavy atom. The van der Waals surface area contributed by atoms with Gasteiger partial charge < -0.3 is 19.9 Å². The van der Waals surface area contributed by atoms with Gasteiger partial charge >= 0.3 is 6.01 Å². The van der Waals surface area contributed by atoms with E-state index in [1.807, 2.05) is 12.1 Å². The number of carbonyl (C=O) groups is 1. The summed E-state index contributed by atoms with van der Waals surface area (Å²) >= 11 is 0. The van der Waals surface area contributed by atoms with E-state index in [2.05, 4.69) is 41.3 Å². The molecule has 170 valence electrons. The summed E-state index contributed by atoms with van der Waals surface area (Å²) in [5.41, 5.74) is 1.22. The molecular formula is C25H31N3O4. The van der Waals surface area contributed by atoms with Gasteiger partial charge in [-0.15, -0.1) is 0 Å². The average molecular weight is 438 g/mol. The van der Waals surface area contributed by atoms with Crippen LogP contribution in [-0.4, -0.2) is 40.2 Å². The van der Waals surface area contributed by atoms with Gasteiger partial charge in [0, 0.05) is 31.5 Å². The van der Waals surface area contributed by atoms with Crippen LogP contribution in [0, 0.1) is 22.7 Å². The number of amides is 1. The number of nitrogens with zero attached hydrogens (tertiary/aromatic N) is 2. The number of ether oxygens (including phenoxy) is 2. The van der Waals surface area contributed by atoms with E-state index in [1.54, 1.807) is 18.5 Å². The third-order valence-electron chi connectivity index (χ3n) is 8.11. The van der Waals surface area contributed by atoms with Crippen LogP contribution in [0.2, 0.25) is 0 Å². The minimum Gasteiger partial charge on any atom is -0.424 e. The molecular weight excluding hydrogens is 406 g/mol. The number of aliphatic hydroxyl groups excluding tert-OH is 1. The van der Waals surface area contributed by atoms with Gasteiger partial charge in [-0.05, 0) is 65.7 Å². The third kappa shape index (κ3) is 3.48. The number of hydrogen-bond donors (Lipinski definition) is 2. The molecule has 2 saturated carbocycles. The highest BCUT2D eigenvalue weighted by molar-refractivity contribution is 5.76. The summed E-state index contributed by atoms with van der Waals surface area (Å²) < 4.78 is 12.1. The summed E-state index contributed by atoms with van der Waals surface area (Å²) in [6, 6.07) is 10.2. The molecule has 3 fully saturated rings. The van der Waals surface area contributed by atoms with Crippen LogP contribution in [0.3, 0.4) is 0 Å². The number of nitrogens with one attached hydrogen (secondary N) is 1. The van der Waals surface area contributed by atoms with Crippen molar-refractivity contribution < 1.29 is 19.4 Å². The largest absolute Gasteiger partial charge is 0.424 e. The summed E-state index contributed by atoms with van der Waals surface area (Å²) in [5.74, 6) is 1.54. The van der Waals surface area contributed by atoms with Crippen LogP contribution in [0.25, 0.3) is 0 Å². The quantitative estimate of drug-likeness (QED) is 0.717. The Kier molecular flexibility index (Phi) is 5.42. The smallest absolute Gasteiger partial charge is 0.321 e. The van der Waals surface area contributed by atoms with Gasteiger partial charge in [0.1, 0.15) is 5.75 Å². The standard InChI is InChI=1S/C25H31N3O4/c1-24(2)17-14-19-21(16-4-6-18(7-5-16)32-23-26-10-3-11-27-23)31-13-9-25(19,15-17)22(24)28-20(30)8-12-29/h3-7,10-11,17,19,21-22,29H,8-9,12-15H2,1-2H3,(H,28,30)/t17-,19-,21-,22+,25-/m1/s1. The van der Waals surface area contributed by atoms with Crippen molar-refractivity contribution in [2.45, 2.75) is 51.7 Å². The van der Waals surface area contributed by atoms with Gasteiger partial charge in [0.05, 0.1) is 12.7 Å². The lowest BCUT2D eigenvalue weighted by Crippen LogP contribution is -2.59. The van der Waals surface area contributed by atoms with Crippen LogP contribution >= 0.6 is 0 Å². The molecule has 7 nitrogen and oxygen atoms in total. The highest BCUT2D eigenvalue weighted by Crippen LogP contribution is 2.70. The van der Waals surface area contributed by atoms with Crippen molar-refractivity contribution >= 4 is 5.91 Å². The first-order valence-electron chi connectivity index (χ1n) is 11.5. The molecule has 1 saturated heterocycles. The van der Waals surface area contributed by atoms with Crippen molar-refractivity contribution in [1.82, 2.24) is 15.3 Å². The molecule has 1 spiro atoms. The number of carbonyl (C=O) groups excluding carboxylic acids is 1. The lowest BCUT2D eigenvalue weighted by Gasteiger charge is -2.53. The zero-order valence-electron chi connectivity index (χ0n) is 18.7. The summed E-state index contributed by atoms with van der Waals surface area (Å²) in [6.45, 7) is 5.14. The predicted octanol–water partition coefficient (Wildman–Crippen LogP) is 3.65. The van der Waals surface area contributed by atoms with E-state index in [0.29, 0.717) is 30.2 Å². The molecule has 1 aromatic carbocycles. The van der Waals surface area contributed by atoms with E-state index in [9.17, 15) is 9.90 Å². The molecule has 2 N–H and O–H groups in total. The minimum atomic E-state index is -0.118. The summed E-state index contributed by atoms with van der Waals surface area (Å²) in [7, 11) is 0. The maximum atomic E-state index is 12.4. The predicted molar refractivity (Wildman–Crippen MR) is 118 cm³/mol. The van der Waals surface area contributed by atoms with Crippen molar-refractivity contribution in [3.8, 4) is 11.8 Å². The first-order valence-corrected chi connectivity index (χ1v) is 11.5. The third-order valence-corrected chi connectivity index (χ3v) is 8.11. The zero-order chi connectivity index (χ0) is 22.3. The molecule has 32 heavy (non-hydrogen) atoms. The Hall–Kier alpha value is -2.51. The van der Waals surface area contributed by atoms with Crippen molar-refractivity contribution in [3.63, 3.8) is 0 Å². The van der Waals surface area contributed by atoms with E-state index in [0.717, 1.165) is 24.8 Å². The van der Waals surface area contributed by atoms with Crippen molar-refractivity contribution in [1.29, 1.82) is 0 Å². The minimum absolute atomic E-state index is 0.00381. The van der Waals surface area contributed by atoms with Crippen LogP contribution in [0.4, 0.5) is 0 Å².